The van der Waals surface area contributed by atoms with E-state index in [-0.39, 0.29) is 43.5 Å². The Labute approximate surface area is 273 Å². The van der Waals surface area contributed by atoms with Gasteiger partial charge in [0.2, 0.25) is 5.71 Å². The fourth-order valence-corrected chi connectivity index (χ4v) is 5.84. The maximum absolute atomic E-state index is 11.7. The van der Waals surface area contributed by atoms with E-state index in [9.17, 15) is 9.90 Å². The number of aliphatic hydroxyl groups is 1. The molecule has 0 aliphatic carbocycles. The standard InChI is InChI=1S/C25H15N2O.C13H24O2.Ir/c1-27-22-13-11-16-6-2-3-7-17(16)18(22)12-14-23(27)21-9-4-8-19-20-10-5-15-26-25(20)28-24(19)21;1-5-10(6-2)12(14)9-13(15)11(7-3)8-4;/h2-8,10-15H,1H2;9-11,14H,5-8H2,1-4H3;/q-1;;/b;12-9-;. The van der Waals surface area contributed by atoms with Crippen molar-refractivity contribution in [2.45, 2.75) is 53.4 Å². The van der Waals surface area contributed by atoms with Gasteiger partial charge >= 0.3 is 0 Å². The first-order valence-corrected chi connectivity index (χ1v) is 15.2. The first kappa shape index (κ1) is 32.9. The molecule has 5 nitrogen and oxygen atoms in total. The van der Waals surface area contributed by atoms with E-state index in [0.717, 1.165) is 58.8 Å². The van der Waals surface area contributed by atoms with Crippen LogP contribution in [0.15, 0.2) is 95.2 Å². The van der Waals surface area contributed by atoms with Crippen LogP contribution in [0.2, 0.25) is 0 Å². The van der Waals surface area contributed by atoms with Crippen molar-refractivity contribution >= 4 is 49.5 Å². The van der Waals surface area contributed by atoms with Crippen molar-refractivity contribution < 1.29 is 39.0 Å². The summed E-state index contributed by atoms with van der Waals surface area (Å²) in [5.41, 5.74) is 4.33. The van der Waals surface area contributed by atoms with Crippen LogP contribution < -0.4 is 4.57 Å². The molecule has 6 aromatic rings. The van der Waals surface area contributed by atoms with E-state index in [1.807, 2.05) is 56.5 Å². The molecule has 3 aromatic heterocycles. The van der Waals surface area contributed by atoms with Crippen LogP contribution in [0.1, 0.15) is 53.4 Å². The number of pyridine rings is 2. The Balaban J connectivity index is 0.000000239. The molecule has 1 radical (unpaired) electrons. The monoisotopic (exact) mass is 764 g/mol. The van der Waals surface area contributed by atoms with Gasteiger partial charge in [-0.2, -0.15) is 0 Å². The van der Waals surface area contributed by atoms with Crippen molar-refractivity contribution in [3.8, 4) is 11.3 Å². The van der Waals surface area contributed by atoms with Gasteiger partial charge in [0.15, 0.2) is 5.78 Å². The van der Waals surface area contributed by atoms with Crippen molar-refractivity contribution in [2.75, 3.05) is 0 Å². The number of nitrogens with zero attached hydrogens (tertiary/aromatic N) is 2. The number of hydrogen-bond acceptors (Lipinski definition) is 4. The summed E-state index contributed by atoms with van der Waals surface area (Å²) < 4.78 is 8.06. The zero-order valence-corrected chi connectivity index (χ0v) is 28.2. The van der Waals surface area contributed by atoms with E-state index in [1.54, 1.807) is 6.20 Å². The third-order valence-electron chi connectivity index (χ3n) is 8.48. The van der Waals surface area contributed by atoms with Crippen LogP contribution in [0.3, 0.4) is 0 Å². The van der Waals surface area contributed by atoms with Gasteiger partial charge in [0.25, 0.3) is 0 Å². The van der Waals surface area contributed by atoms with E-state index in [0.29, 0.717) is 5.71 Å². The SMILES string of the molecule is CCC(CC)C(=O)/C=C(\O)C(CC)CC.[CH2-][n+]1c(-c2[c-]ccc3c2oc2ncccc23)ccc2c3ccccc3ccc21.[Ir]. The van der Waals surface area contributed by atoms with Gasteiger partial charge < -0.3 is 14.1 Å². The van der Waals surface area contributed by atoms with Crippen LogP contribution in [0.5, 0.6) is 0 Å². The first-order chi connectivity index (χ1) is 20.9. The molecule has 229 valence electrons. The number of allylic oxidation sites excluding steroid dienone is 2. The van der Waals surface area contributed by atoms with Crippen LogP contribution in [0, 0.1) is 24.9 Å². The maximum atomic E-state index is 11.7. The molecule has 0 aliphatic rings. The molecular weight excluding hydrogens is 725 g/mol. The fourth-order valence-electron chi connectivity index (χ4n) is 5.84. The molecule has 0 spiro atoms. The summed E-state index contributed by atoms with van der Waals surface area (Å²) in [7, 11) is 4.33. The number of furan rings is 1. The second-order valence-corrected chi connectivity index (χ2v) is 10.9. The zero-order valence-electron chi connectivity index (χ0n) is 25.8. The third-order valence-corrected chi connectivity index (χ3v) is 8.48. The summed E-state index contributed by atoms with van der Waals surface area (Å²) in [6.45, 7) is 8.07. The van der Waals surface area contributed by atoms with Crippen molar-refractivity contribution in [1.82, 2.24) is 4.98 Å². The number of rotatable bonds is 8. The number of aliphatic hydroxyl groups excluding tert-OH is 1. The minimum absolute atomic E-state index is 0. The molecule has 6 heteroatoms. The Morgan fingerprint density at radius 3 is 2.32 bits per heavy atom. The van der Waals surface area contributed by atoms with Gasteiger partial charge in [-0.1, -0.05) is 69.5 Å². The molecule has 0 bridgehead atoms. The van der Waals surface area contributed by atoms with E-state index in [1.165, 1.54) is 22.2 Å². The second-order valence-electron chi connectivity index (χ2n) is 10.9. The largest absolute Gasteiger partial charge is 0.512 e. The van der Waals surface area contributed by atoms with Gasteiger partial charge in [-0.05, 0) is 71.7 Å². The van der Waals surface area contributed by atoms with Crippen molar-refractivity contribution in [3.63, 3.8) is 0 Å². The van der Waals surface area contributed by atoms with E-state index in [4.69, 9.17) is 4.42 Å². The summed E-state index contributed by atoms with van der Waals surface area (Å²) in [5, 5.41) is 15.4. The second kappa shape index (κ2) is 14.7. The average molecular weight is 764 g/mol. The molecule has 44 heavy (non-hydrogen) atoms. The van der Waals surface area contributed by atoms with Gasteiger partial charge in [0.05, 0.1) is 11.3 Å². The van der Waals surface area contributed by atoms with Gasteiger partial charge in [-0.25, -0.2) is 4.98 Å². The van der Waals surface area contributed by atoms with Crippen LogP contribution in [0.25, 0.3) is 55.0 Å². The Morgan fingerprint density at radius 1 is 0.886 bits per heavy atom. The molecule has 0 saturated heterocycles. The summed E-state index contributed by atoms with van der Waals surface area (Å²) in [6.07, 6.45) is 6.65. The molecule has 0 saturated carbocycles. The summed E-state index contributed by atoms with van der Waals surface area (Å²) in [5.74, 6) is 0.547. The number of aromatic nitrogens is 2. The zero-order chi connectivity index (χ0) is 30.5. The van der Waals surface area contributed by atoms with Gasteiger partial charge in [0, 0.05) is 56.6 Å². The van der Waals surface area contributed by atoms with Gasteiger partial charge in [-0.15, -0.1) is 18.2 Å². The number of ketones is 1. The topological polar surface area (TPSA) is 67.2 Å². The van der Waals surface area contributed by atoms with Gasteiger partial charge in [-0.3, -0.25) is 4.79 Å². The van der Waals surface area contributed by atoms with E-state index < -0.39 is 0 Å². The number of carbonyl (C=O) groups excluding carboxylic acids is 1. The minimum atomic E-state index is 0. The molecule has 0 atom stereocenters. The Morgan fingerprint density at radius 2 is 1.59 bits per heavy atom. The first-order valence-electron chi connectivity index (χ1n) is 15.2. The summed E-state index contributed by atoms with van der Waals surface area (Å²) in [4.78, 5) is 16.1. The Kier molecular flexibility index (Phi) is 11.0. The van der Waals surface area contributed by atoms with Crippen LogP contribution in [-0.2, 0) is 24.9 Å². The van der Waals surface area contributed by atoms with Crippen LogP contribution in [0.4, 0.5) is 0 Å². The number of fused-ring (bicyclic) bond motifs is 6. The number of hydrogen-bond donors (Lipinski definition) is 1. The molecule has 3 heterocycles. The van der Waals surface area contributed by atoms with Gasteiger partial charge in [0.1, 0.15) is 11.2 Å². The van der Waals surface area contributed by atoms with Crippen molar-refractivity contribution in [1.29, 1.82) is 0 Å². The van der Waals surface area contributed by atoms with Crippen molar-refractivity contribution in [3.05, 3.63) is 104 Å². The molecule has 3 aromatic carbocycles. The smallest absolute Gasteiger partial charge is 0.216 e. The summed E-state index contributed by atoms with van der Waals surface area (Å²) in [6, 6.07) is 28.2. The number of carbonyl (C=O) groups is 1. The molecule has 6 rings (SSSR count). The molecule has 0 fully saturated rings. The Hall–Kier alpha value is -3.99. The minimum Gasteiger partial charge on any atom is -0.512 e. The summed E-state index contributed by atoms with van der Waals surface area (Å²) >= 11 is 0. The molecule has 0 amide bonds. The molecule has 1 N–H and O–H groups in total. The fraction of sp³-hybridized carbons (Fsp3) is 0.263. The van der Waals surface area contributed by atoms with Crippen LogP contribution >= 0.6 is 0 Å². The predicted octanol–water partition coefficient (Wildman–Crippen LogP) is 9.55. The molecular formula is C38H39IrN2O3-. The quantitative estimate of drug-likeness (QED) is 0.0552. The van der Waals surface area contributed by atoms with E-state index >= 15 is 0 Å². The molecule has 0 aliphatic heterocycles. The van der Waals surface area contributed by atoms with Crippen LogP contribution in [-0.4, -0.2) is 15.9 Å². The molecule has 0 unspecified atom stereocenters. The average Bonchev–Trinajstić information content (AvgIpc) is 3.42. The third kappa shape index (κ3) is 6.43. The Bertz CT molecular complexity index is 1930. The maximum Gasteiger partial charge on any atom is 0.216 e. The number of benzene rings is 3. The predicted molar refractivity (Wildman–Crippen MR) is 176 cm³/mol. The van der Waals surface area contributed by atoms with Crippen molar-refractivity contribution in [2.24, 2.45) is 11.8 Å². The van der Waals surface area contributed by atoms with E-state index in [2.05, 4.69) is 66.6 Å². The normalized spacial score (nSPS) is 11.7.